The lowest BCUT2D eigenvalue weighted by Crippen LogP contribution is -2.37. The summed E-state index contributed by atoms with van der Waals surface area (Å²) in [6, 6.07) is 0.424. The summed E-state index contributed by atoms with van der Waals surface area (Å²) in [5.74, 6) is 0.0903. The van der Waals surface area contributed by atoms with Crippen LogP contribution in [0.1, 0.15) is 42.8 Å². The molecule has 0 radical (unpaired) electrons. The zero-order valence-corrected chi connectivity index (χ0v) is 11.9. The van der Waals surface area contributed by atoms with Gasteiger partial charge in [-0.15, -0.1) is 11.3 Å². The molecule has 98 valence electrons. The fourth-order valence-corrected chi connectivity index (χ4v) is 2.96. The molecule has 1 saturated carbocycles. The smallest absolute Gasteiger partial charge is 0.246 e. The second kappa shape index (κ2) is 6.14. The highest BCUT2D eigenvalue weighted by atomic mass is 32.1. The number of likely N-dealkylation sites (N-methyl/N-ethyl adjacent to an activating group) is 1. The number of aryl methyl sites for hydroxylation is 1. The van der Waals surface area contributed by atoms with E-state index in [0.717, 1.165) is 23.5 Å². The number of hydrogen-bond acceptors (Lipinski definition) is 3. The van der Waals surface area contributed by atoms with Gasteiger partial charge in [-0.25, -0.2) is 4.98 Å². The number of carbonyl (C=O) groups excluding carboxylic acids is 1. The van der Waals surface area contributed by atoms with Gasteiger partial charge in [-0.1, -0.05) is 19.3 Å². The van der Waals surface area contributed by atoms with E-state index in [1.165, 1.54) is 19.3 Å². The zero-order valence-electron chi connectivity index (χ0n) is 11.1. The first-order valence-corrected chi connectivity index (χ1v) is 7.42. The maximum atomic E-state index is 12.0. The molecule has 0 N–H and O–H groups in total. The van der Waals surface area contributed by atoms with E-state index in [1.54, 1.807) is 17.4 Å². The Balaban J connectivity index is 1.92. The third-order valence-electron chi connectivity index (χ3n) is 3.50. The minimum absolute atomic E-state index is 0.0903. The molecule has 2 rings (SSSR count). The van der Waals surface area contributed by atoms with Gasteiger partial charge in [0.05, 0.1) is 10.7 Å². The Morgan fingerprint density at radius 1 is 1.44 bits per heavy atom. The van der Waals surface area contributed by atoms with Gasteiger partial charge in [-0.2, -0.15) is 0 Å². The van der Waals surface area contributed by atoms with Crippen LogP contribution in [0.5, 0.6) is 0 Å². The van der Waals surface area contributed by atoms with Crippen molar-refractivity contribution < 1.29 is 4.79 Å². The third-order valence-corrected chi connectivity index (χ3v) is 4.30. The molecule has 3 nitrogen and oxygen atoms in total. The Bertz CT molecular complexity index is 433. The minimum atomic E-state index is 0.0903. The van der Waals surface area contributed by atoms with Gasteiger partial charge in [0.2, 0.25) is 5.91 Å². The highest BCUT2D eigenvalue weighted by Crippen LogP contribution is 2.21. The fraction of sp³-hybridized carbons (Fsp3) is 0.571. The molecule has 0 aromatic carbocycles. The molecule has 0 saturated heterocycles. The molecule has 1 amide bonds. The van der Waals surface area contributed by atoms with Gasteiger partial charge in [0.1, 0.15) is 0 Å². The summed E-state index contributed by atoms with van der Waals surface area (Å²) in [7, 11) is 1.91. The highest BCUT2D eigenvalue weighted by Gasteiger charge is 2.20. The van der Waals surface area contributed by atoms with Crippen molar-refractivity contribution in [1.82, 2.24) is 9.88 Å². The summed E-state index contributed by atoms with van der Waals surface area (Å²) in [5.41, 5.74) is 0.878. The second-order valence-electron chi connectivity index (χ2n) is 4.87. The van der Waals surface area contributed by atoms with Crippen LogP contribution in [0.3, 0.4) is 0 Å². The van der Waals surface area contributed by atoms with E-state index in [0.29, 0.717) is 6.04 Å². The Hall–Kier alpha value is -1.16. The molecule has 1 aromatic heterocycles. The predicted molar refractivity (Wildman–Crippen MR) is 75.5 cm³/mol. The maximum Gasteiger partial charge on any atom is 0.246 e. The normalized spacial score (nSPS) is 17.2. The first-order chi connectivity index (χ1) is 8.66. The summed E-state index contributed by atoms with van der Waals surface area (Å²) in [4.78, 5) is 18.2. The largest absolute Gasteiger partial charge is 0.339 e. The number of aromatic nitrogens is 1. The number of amides is 1. The van der Waals surface area contributed by atoms with Crippen molar-refractivity contribution in [2.24, 2.45) is 0 Å². The fourth-order valence-electron chi connectivity index (χ4n) is 2.38. The molecular formula is C14H20N2OS. The number of rotatable bonds is 3. The monoisotopic (exact) mass is 264 g/mol. The van der Waals surface area contributed by atoms with E-state index >= 15 is 0 Å². The van der Waals surface area contributed by atoms with Crippen molar-refractivity contribution in [1.29, 1.82) is 0 Å². The van der Waals surface area contributed by atoms with Crippen LogP contribution in [-0.2, 0) is 4.79 Å². The quantitative estimate of drug-likeness (QED) is 0.785. The first-order valence-electron chi connectivity index (χ1n) is 6.54. The molecule has 4 heteroatoms. The summed E-state index contributed by atoms with van der Waals surface area (Å²) < 4.78 is 0. The maximum absolute atomic E-state index is 12.0. The van der Waals surface area contributed by atoms with Gasteiger partial charge in [0, 0.05) is 24.5 Å². The molecule has 0 spiro atoms. The van der Waals surface area contributed by atoms with Crippen molar-refractivity contribution in [3.8, 4) is 0 Å². The number of carbonyl (C=O) groups is 1. The van der Waals surface area contributed by atoms with Gasteiger partial charge in [-0.05, 0) is 25.8 Å². The van der Waals surface area contributed by atoms with Crippen LogP contribution in [0, 0.1) is 6.92 Å². The molecule has 1 aliphatic rings. The second-order valence-corrected chi connectivity index (χ2v) is 5.93. The standard InChI is InChI=1S/C14H20N2OS/c1-11-15-12(10-18-11)8-9-14(17)16(2)13-6-4-3-5-7-13/h8-10,13H,3-7H2,1-2H3/b9-8+. The van der Waals surface area contributed by atoms with Crippen LogP contribution in [-0.4, -0.2) is 28.9 Å². The van der Waals surface area contributed by atoms with Crippen LogP contribution < -0.4 is 0 Å². The Morgan fingerprint density at radius 3 is 2.78 bits per heavy atom. The molecule has 1 aliphatic carbocycles. The molecule has 1 heterocycles. The lowest BCUT2D eigenvalue weighted by Gasteiger charge is -2.30. The summed E-state index contributed by atoms with van der Waals surface area (Å²) >= 11 is 1.61. The van der Waals surface area contributed by atoms with Crippen molar-refractivity contribution in [2.45, 2.75) is 45.1 Å². The average molecular weight is 264 g/mol. The van der Waals surface area contributed by atoms with Crippen molar-refractivity contribution in [2.75, 3.05) is 7.05 Å². The molecule has 0 aliphatic heterocycles. The summed E-state index contributed by atoms with van der Waals surface area (Å²) in [6.07, 6.45) is 9.55. The van der Waals surface area contributed by atoms with E-state index in [-0.39, 0.29) is 5.91 Å². The lowest BCUT2D eigenvalue weighted by atomic mass is 9.94. The average Bonchev–Trinajstić information content (AvgIpc) is 2.82. The molecular weight excluding hydrogens is 244 g/mol. The van der Waals surface area contributed by atoms with Gasteiger partial charge in [-0.3, -0.25) is 4.79 Å². The van der Waals surface area contributed by atoms with E-state index in [1.807, 2.05) is 30.3 Å². The summed E-state index contributed by atoms with van der Waals surface area (Å²) in [6.45, 7) is 1.97. The van der Waals surface area contributed by atoms with Crippen molar-refractivity contribution in [3.05, 3.63) is 22.2 Å². The van der Waals surface area contributed by atoms with Crippen LogP contribution in [0.25, 0.3) is 6.08 Å². The van der Waals surface area contributed by atoms with Crippen LogP contribution in [0.2, 0.25) is 0 Å². The zero-order chi connectivity index (χ0) is 13.0. The number of thiazole rings is 1. The third kappa shape index (κ3) is 3.42. The molecule has 0 unspecified atom stereocenters. The summed E-state index contributed by atoms with van der Waals surface area (Å²) in [5, 5.41) is 3.00. The van der Waals surface area contributed by atoms with E-state index in [4.69, 9.17) is 0 Å². The van der Waals surface area contributed by atoms with E-state index in [9.17, 15) is 4.79 Å². The molecule has 0 bridgehead atoms. The Morgan fingerprint density at radius 2 is 2.17 bits per heavy atom. The molecule has 1 aromatic rings. The Labute approximate surface area is 113 Å². The van der Waals surface area contributed by atoms with Crippen LogP contribution in [0.15, 0.2) is 11.5 Å². The Kier molecular flexibility index (Phi) is 4.53. The molecule has 18 heavy (non-hydrogen) atoms. The lowest BCUT2D eigenvalue weighted by molar-refractivity contribution is -0.127. The molecule has 1 fully saturated rings. The van der Waals surface area contributed by atoms with E-state index in [2.05, 4.69) is 4.98 Å². The van der Waals surface area contributed by atoms with Gasteiger partial charge in [0.25, 0.3) is 0 Å². The van der Waals surface area contributed by atoms with Crippen molar-refractivity contribution >= 4 is 23.3 Å². The molecule has 0 atom stereocenters. The highest BCUT2D eigenvalue weighted by molar-refractivity contribution is 7.09. The van der Waals surface area contributed by atoms with Gasteiger partial charge >= 0.3 is 0 Å². The number of hydrogen-bond donors (Lipinski definition) is 0. The van der Waals surface area contributed by atoms with Crippen LogP contribution in [0.4, 0.5) is 0 Å². The van der Waals surface area contributed by atoms with E-state index < -0.39 is 0 Å². The van der Waals surface area contributed by atoms with Crippen molar-refractivity contribution in [3.63, 3.8) is 0 Å². The van der Waals surface area contributed by atoms with Gasteiger partial charge in [0.15, 0.2) is 0 Å². The first kappa shape index (κ1) is 13.3. The SMILES string of the molecule is Cc1nc(/C=C/C(=O)N(C)C2CCCCC2)cs1. The minimum Gasteiger partial charge on any atom is -0.339 e. The van der Waals surface area contributed by atoms with Crippen LogP contribution >= 0.6 is 11.3 Å². The predicted octanol–water partition coefficient (Wildman–Crippen LogP) is 3.26. The topological polar surface area (TPSA) is 33.2 Å². The number of nitrogens with zero attached hydrogens (tertiary/aromatic N) is 2. The van der Waals surface area contributed by atoms with Gasteiger partial charge < -0.3 is 4.90 Å².